The van der Waals surface area contributed by atoms with Gasteiger partial charge in [-0.1, -0.05) is 30.3 Å². The molecule has 2 rings (SSSR count). The first kappa shape index (κ1) is 19.0. The van der Waals surface area contributed by atoms with Crippen molar-refractivity contribution in [2.24, 2.45) is 0 Å². The third-order valence-corrected chi connectivity index (χ3v) is 3.47. The zero-order valence-electron chi connectivity index (χ0n) is 13.5. The Morgan fingerprint density at radius 1 is 1.12 bits per heavy atom. The molecule has 7 nitrogen and oxygen atoms in total. The lowest BCUT2D eigenvalue weighted by Gasteiger charge is -2.15. The van der Waals surface area contributed by atoms with E-state index < -0.39 is 45.7 Å². The first-order chi connectivity index (χ1) is 12.3. The molecule has 0 saturated carbocycles. The molecule has 0 aromatic heterocycles. The van der Waals surface area contributed by atoms with E-state index in [1.54, 1.807) is 30.3 Å². The van der Waals surface area contributed by atoms with Gasteiger partial charge in [-0.05, 0) is 11.6 Å². The molecule has 0 radical (unpaired) electrons. The van der Waals surface area contributed by atoms with E-state index in [0.29, 0.717) is 17.7 Å². The topological polar surface area (TPSA) is 95.7 Å². The van der Waals surface area contributed by atoms with Crippen LogP contribution in [0.25, 0.3) is 0 Å². The highest BCUT2D eigenvalue weighted by Gasteiger charge is 2.35. The molecule has 2 aromatic rings. The summed E-state index contributed by atoms with van der Waals surface area (Å²) in [6, 6.07) is 9.18. The molecule has 0 aliphatic rings. The molecule has 0 fully saturated rings. The molecule has 0 saturated heterocycles. The molecular formula is C17H13F2NO6. The van der Waals surface area contributed by atoms with Crippen LogP contribution in [0.2, 0.25) is 0 Å². The Hall–Kier alpha value is -3.36. The van der Waals surface area contributed by atoms with Gasteiger partial charge < -0.3 is 9.47 Å². The number of hydrogen-bond donors (Lipinski definition) is 0. The Morgan fingerprint density at radius 2 is 1.77 bits per heavy atom. The second-order valence-corrected chi connectivity index (χ2v) is 5.13. The van der Waals surface area contributed by atoms with E-state index in [0.717, 1.165) is 7.11 Å². The van der Waals surface area contributed by atoms with Crippen LogP contribution < -0.4 is 0 Å². The summed E-state index contributed by atoms with van der Waals surface area (Å²) >= 11 is 0. The fourth-order valence-corrected chi connectivity index (χ4v) is 2.19. The third-order valence-electron chi connectivity index (χ3n) is 3.47. The van der Waals surface area contributed by atoms with Gasteiger partial charge in [-0.15, -0.1) is 0 Å². The molecular weight excluding hydrogens is 352 g/mol. The van der Waals surface area contributed by atoms with Gasteiger partial charge in [-0.25, -0.2) is 4.39 Å². The molecule has 0 spiro atoms. The first-order valence-corrected chi connectivity index (χ1v) is 7.27. The maximum atomic E-state index is 14.2. The number of benzene rings is 2. The lowest BCUT2D eigenvalue weighted by molar-refractivity contribution is -0.387. The molecule has 0 N–H and O–H groups in total. The van der Waals surface area contributed by atoms with Gasteiger partial charge in [0.05, 0.1) is 18.1 Å². The van der Waals surface area contributed by atoms with Crippen molar-refractivity contribution < 1.29 is 32.8 Å². The summed E-state index contributed by atoms with van der Waals surface area (Å²) in [6.07, 6.45) is 0. The number of methoxy groups -OCH3 is 1. The SMILES string of the molecule is COC(=O)[C@@H](C(=O)OCc1ccccc1)c1cc(F)c([N+](=O)[O-])cc1F. The Kier molecular flexibility index (Phi) is 5.94. The summed E-state index contributed by atoms with van der Waals surface area (Å²) in [4.78, 5) is 33.7. The fourth-order valence-electron chi connectivity index (χ4n) is 2.19. The van der Waals surface area contributed by atoms with Crippen molar-refractivity contribution in [1.29, 1.82) is 0 Å². The van der Waals surface area contributed by atoms with Crippen molar-refractivity contribution in [3.8, 4) is 0 Å². The molecule has 0 amide bonds. The summed E-state index contributed by atoms with van der Waals surface area (Å²) in [5.74, 6) is -6.97. The van der Waals surface area contributed by atoms with Gasteiger partial charge in [0, 0.05) is 5.56 Å². The molecule has 0 unspecified atom stereocenters. The summed E-state index contributed by atoms with van der Waals surface area (Å²) in [5, 5.41) is 10.7. The molecule has 9 heteroatoms. The minimum Gasteiger partial charge on any atom is -0.468 e. The van der Waals surface area contributed by atoms with Crippen molar-refractivity contribution in [2.75, 3.05) is 7.11 Å². The van der Waals surface area contributed by atoms with Crippen LogP contribution >= 0.6 is 0 Å². The molecule has 0 aliphatic carbocycles. The van der Waals surface area contributed by atoms with Gasteiger partial charge in [0.25, 0.3) is 0 Å². The summed E-state index contributed by atoms with van der Waals surface area (Å²) in [7, 11) is 0.958. The van der Waals surface area contributed by atoms with Crippen molar-refractivity contribution in [3.63, 3.8) is 0 Å². The van der Waals surface area contributed by atoms with Crippen LogP contribution in [0.3, 0.4) is 0 Å². The highest BCUT2D eigenvalue weighted by molar-refractivity contribution is 6.00. The zero-order chi connectivity index (χ0) is 19.3. The lowest BCUT2D eigenvalue weighted by Crippen LogP contribution is -2.26. The maximum absolute atomic E-state index is 14.2. The quantitative estimate of drug-likeness (QED) is 0.338. The van der Waals surface area contributed by atoms with Crippen LogP contribution in [0.1, 0.15) is 17.0 Å². The van der Waals surface area contributed by atoms with Crippen molar-refractivity contribution in [1.82, 2.24) is 0 Å². The van der Waals surface area contributed by atoms with Gasteiger partial charge in [-0.2, -0.15) is 4.39 Å². The number of esters is 2. The van der Waals surface area contributed by atoms with Crippen LogP contribution in [0.15, 0.2) is 42.5 Å². The van der Waals surface area contributed by atoms with Gasteiger partial charge in [0.2, 0.25) is 5.82 Å². The minimum absolute atomic E-state index is 0.204. The summed E-state index contributed by atoms with van der Waals surface area (Å²) in [6.45, 7) is -0.204. The summed E-state index contributed by atoms with van der Waals surface area (Å²) < 4.78 is 37.4. The number of rotatable bonds is 6. The number of ether oxygens (including phenoxy) is 2. The Bertz CT molecular complexity index is 841. The monoisotopic (exact) mass is 365 g/mol. The molecule has 0 aliphatic heterocycles. The van der Waals surface area contributed by atoms with E-state index in [1.165, 1.54) is 0 Å². The average Bonchev–Trinajstić information content (AvgIpc) is 2.63. The minimum atomic E-state index is -1.92. The van der Waals surface area contributed by atoms with Gasteiger partial charge in [-0.3, -0.25) is 19.7 Å². The van der Waals surface area contributed by atoms with Gasteiger partial charge in [0.15, 0.2) is 5.92 Å². The Morgan fingerprint density at radius 3 is 2.35 bits per heavy atom. The standard InChI is InChI=1S/C17H13F2NO6/c1-25-16(21)15(17(22)26-9-10-5-3-2-4-6-10)11-7-13(19)14(20(23)24)8-12(11)18/h2-8,15H,9H2,1H3/t15-/m0/s1. The van der Waals surface area contributed by atoms with Crippen LogP contribution in [-0.4, -0.2) is 24.0 Å². The van der Waals surface area contributed by atoms with E-state index in [9.17, 15) is 28.5 Å². The fraction of sp³-hybridized carbons (Fsp3) is 0.176. The molecule has 2 aromatic carbocycles. The molecule has 26 heavy (non-hydrogen) atoms. The number of halogens is 2. The normalized spacial score (nSPS) is 11.5. The first-order valence-electron chi connectivity index (χ1n) is 7.27. The second-order valence-electron chi connectivity index (χ2n) is 5.13. The molecule has 0 heterocycles. The van der Waals surface area contributed by atoms with Gasteiger partial charge >= 0.3 is 17.6 Å². The largest absolute Gasteiger partial charge is 0.468 e. The smallest absolute Gasteiger partial charge is 0.325 e. The van der Waals surface area contributed by atoms with E-state index in [2.05, 4.69) is 4.74 Å². The van der Waals surface area contributed by atoms with E-state index in [-0.39, 0.29) is 6.61 Å². The lowest BCUT2D eigenvalue weighted by atomic mass is 9.98. The molecule has 1 atom stereocenters. The highest BCUT2D eigenvalue weighted by Crippen LogP contribution is 2.28. The van der Waals surface area contributed by atoms with Crippen LogP contribution in [0.5, 0.6) is 0 Å². The zero-order valence-corrected chi connectivity index (χ0v) is 13.5. The van der Waals surface area contributed by atoms with Crippen LogP contribution in [0.4, 0.5) is 14.5 Å². The number of nitro groups is 1. The third kappa shape index (κ3) is 4.18. The predicted molar refractivity (Wildman–Crippen MR) is 84.0 cm³/mol. The predicted octanol–water partition coefficient (Wildman–Crippen LogP) is 2.87. The Labute approximate surface area is 146 Å². The highest BCUT2D eigenvalue weighted by atomic mass is 19.1. The number of carbonyl (C=O) groups excluding carboxylic acids is 2. The summed E-state index contributed by atoms with van der Waals surface area (Å²) in [5.41, 5.74) is -1.22. The average molecular weight is 365 g/mol. The van der Waals surface area contributed by atoms with E-state index >= 15 is 0 Å². The van der Waals surface area contributed by atoms with Gasteiger partial charge in [0.1, 0.15) is 12.4 Å². The molecule has 136 valence electrons. The number of nitro benzene ring substituents is 1. The van der Waals surface area contributed by atoms with Crippen LogP contribution in [-0.2, 0) is 25.7 Å². The van der Waals surface area contributed by atoms with Crippen LogP contribution in [0, 0.1) is 21.7 Å². The maximum Gasteiger partial charge on any atom is 0.325 e. The van der Waals surface area contributed by atoms with E-state index in [4.69, 9.17) is 4.74 Å². The van der Waals surface area contributed by atoms with Crippen molar-refractivity contribution in [2.45, 2.75) is 12.5 Å². The number of carbonyl (C=O) groups is 2. The second kappa shape index (κ2) is 8.15. The number of hydrogen-bond acceptors (Lipinski definition) is 6. The van der Waals surface area contributed by atoms with Crippen molar-refractivity contribution >= 4 is 17.6 Å². The number of nitrogens with zero attached hydrogens (tertiary/aromatic N) is 1. The van der Waals surface area contributed by atoms with E-state index in [1.807, 2.05) is 0 Å². The van der Waals surface area contributed by atoms with Crippen molar-refractivity contribution in [3.05, 3.63) is 75.3 Å². The molecule has 0 bridgehead atoms. The Balaban J connectivity index is 2.32.